The summed E-state index contributed by atoms with van der Waals surface area (Å²) < 4.78 is 6.29. The van der Waals surface area contributed by atoms with Crippen molar-refractivity contribution in [2.75, 3.05) is 6.54 Å². The van der Waals surface area contributed by atoms with Gasteiger partial charge in [0.1, 0.15) is 11.9 Å². The number of carboxylic acid groups (broad SMARTS) is 1. The van der Waals surface area contributed by atoms with Gasteiger partial charge in [0.15, 0.2) is 0 Å². The molecule has 2 rings (SSSR count). The van der Waals surface area contributed by atoms with Crippen LogP contribution in [0.25, 0.3) is 11.1 Å². The fourth-order valence-electron chi connectivity index (χ4n) is 2.99. The Morgan fingerprint density at radius 1 is 1.07 bits per heavy atom. The molecule has 1 unspecified atom stereocenters. The van der Waals surface area contributed by atoms with E-state index in [-0.39, 0.29) is 6.54 Å². The van der Waals surface area contributed by atoms with Crippen molar-refractivity contribution in [2.45, 2.75) is 39.2 Å². The van der Waals surface area contributed by atoms with Crippen LogP contribution in [-0.4, -0.2) is 23.8 Å². The lowest BCUT2D eigenvalue weighted by Gasteiger charge is -2.35. The first-order valence-corrected chi connectivity index (χ1v) is 9.27. The number of rotatable bonds is 8. The van der Waals surface area contributed by atoms with E-state index < -0.39 is 17.6 Å². The molecule has 0 aliphatic heterocycles. The van der Waals surface area contributed by atoms with Crippen molar-refractivity contribution in [3.8, 4) is 5.75 Å². The van der Waals surface area contributed by atoms with E-state index in [9.17, 15) is 4.79 Å². The predicted molar refractivity (Wildman–Crippen MR) is 116 cm³/mol. The van der Waals surface area contributed by atoms with Gasteiger partial charge in [-0.25, -0.2) is 4.79 Å². The molecule has 0 bridgehead atoms. The third kappa shape index (κ3) is 5.26. The number of ether oxygens (including phenoxy) is 1. The van der Waals surface area contributed by atoms with Gasteiger partial charge in [-0.15, -0.1) is 0 Å². The second-order valence-corrected chi connectivity index (χ2v) is 7.68. The van der Waals surface area contributed by atoms with E-state index >= 15 is 0 Å². The minimum atomic E-state index is -1.07. The second-order valence-electron chi connectivity index (χ2n) is 7.68. The van der Waals surface area contributed by atoms with Crippen molar-refractivity contribution in [1.82, 2.24) is 5.32 Å². The Balaban J connectivity index is 2.39. The summed E-state index contributed by atoms with van der Waals surface area (Å²) in [6.07, 6.45) is -1.49. The first-order chi connectivity index (χ1) is 13.1. The van der Waals surface area contributed by atoms with Crippen LogP contribution in [0, 0.1) is 0 Å². The van der Waals surface area contributed by atoms with Gasteiger partial charge in [-0.2, -0.15) is 0 Å². The molecular formula is C24H29NO3. The number of carbonyl (C=O) groups is 1. The molecule has 2 aromatic rings. The van der Waals surface area contributed by atoms with E-state index in [1.165, 1.54) is 0 Å². The SMILES string of the molecule is C=C(C)c1cccc(OC(CNC(=O)O)C(C)(C)c2cccc(C(=C)C)c2)c1. The normalized spacial score (nSPS) is 12.1. The maximum atomic E-state index is 11.1. The highest BCUT2D eigenvalue weighted by molar-refractivity contribution is 5.65. The molecule has 0 saturated carbocycles. The average Bonchev–Trinajstić information content (AvgIpc) is 2.65. The van der Waals surface area contributed by atoms with Gasteiger partial charge in [-0.3, -0.25) is 0 Å². The molecule has 1 atom stereocenters. The van der Waals surface area contributed by atoms with Gasteiger partial charge < -0.3 is 15.2 Å². The van der Waals surface area contributed by atoms with Crippen LogP contribution in [0.15, 0.2) is 61.7 Å². The van der Waals surface area contributed by atoms with Crippen LogP contribution in [-0.2, 0) is 5.41 Å². The van der Waals surface area contributed by atoms with Crippen LogP contribution >= 0.6 is 0 Å². The topological polar surface area (TPSA) is 58.6 Å². The molecule has 148 valence electrons. The highest BCUT2D eigenvalue weighted by Crippen LogP contribution is 2.32. The minimum absolute atomic E-state index is 0.164. The van der Waals surface area contributed by atoms with Crippen molar-refractivity contribution in [3.63, 3.8) is 0 Å². The maximum absolute atomic E-state index is 11.1. The first-order valence-electron chi connectivity index (χ1n) is 9.27. The highest BCUT2D eigenvalue weighted by Gasteiger charge is 2.34. The molecule has 0 spiro atoms. The van der Waals surface area contributed by atoms with Crippen LogP contribution in [0.4, 0.5) is 4.79 Å². The summed E-state index contributed by atoms with van der Waals surface area (Å²) in [6, 6.07) is 15.8. The summed E-state index contributed by atoms with van der Waals surface area (Å²) in [6.45, 7) is 16.2. The van der Waals surface area contributed by atoms with Gasteiger partial charge in [0.25, 0.3) is 0 Å². The molecule has 4 heteroatoms. The predicted octanol–water partition coefficient (Wildman–Crippen LogP) is 5.75. The monoisotopic (exact) mass is 379 g/mol. The Morgan fingerprint density at radius 3 is 2.21 bits per heavy atom. The summed E-state index contributed by atoms with van der Waals surface area (Å²) in [5.74, 6) is 0.682. The quantitative estimate of drug-likeness (QED) is 0.614. The first kappa shape index (κ1) is 21.3. The van der Waals surface area contributed by atoms with Gasteiger partial charge in [0.2, 0.25) is 0 Å². The molecule has 0 aromatic heterocycles. The van der Waals surface area contributed by atoms with E-state index in [0.717, 1.165) is 27.8 Å². The van der Waals surface area contributed by atoms with Gasteiger partial charge in [-0.1, -0.05) is 74.5 Å². The van der Waals surface area contributed by atoms with E-state index in [0.29, 0.717) is 5.75 Å². The summed E-state index contributed by atoms with van der Waals surface area (Å²) >= 11 is 0. The van der Waals surface area contributed by atoms with Crippen molar-refractivity contribution in [3.05, 3.63) is 78.4 Å². The minimum Gasteiger partial charge on any atom is -0.488 e. The molecule has 0 fully saturated rings. The van der Waals surface area contributed by atoms with Crippen molar-refractivity contribution < 1.29 is 14.6 Å². The van der Waals surface area contributed by atoms with Crippen LogP contribution in [0.2, 0.25) is 0 Å². The molecular weight excluding hydrogens is 350 g/mol. The zero-order valence-electron chi connectivity index (χ0n) is 17.1. The third-order valence-electron chi connectivity index (χ3n) is 4.95. The molecule has 2 aromatic carbocycles. The fourth-order valence-corrected chi connectivity index (χ4v) is 2.99. The third-order valence-corrected chi connectivity index (χ3v) is 4.95. The van der Waals surface area contributed by atoms with Crippen LogP contribution in [0.5, 0.6) is 5.75 Å². The Labute approximate surface area is 167 Å². The number of hydrogen-bond acceptors (Lipinski definition) is 2. The largest absolute Gasteiger partial charge is 0.488 e. The molecule has 0 saturated heterocycles. The lowest BCUT2D eigenvalue weighted by Crippen LogP contribution is -2.46. The Kier molecular flexibility index (Phi) is 6.68. The summed E-state index contributed by atoms with van der Waals surface area (Å²) in [4.78, 5) is 11.1. The number of allylic oxidation sites excluding steroid dienone is 2. The van der Waals surface area contributed by atoms with Gasteiger partial charge in [0.05, 0.1) is 6.54 Å². The maximum Gasteiger partial charge on any atom is 0.404 e. The molecule has 28 heavy (non-hydrogen) atoms. The summed E-state index contributed by atoms with van der Waals surface area (Å²) in [5.41, 5.74) is 4.57. The number of nitrogens with one attached hydrogen (secondary N) is 1. The highest BCUT2D eigenvalue weighted by atomic mass is 16.5. The molecule has 0 aliphatic rings. The van der Waals surface area contributed by atoms with E-state index in [4.69, 9.17) is 9.84 Å². The average molecular weight is 380 g/mol. The van der Waals surface area contributed by atoms with Gasteiger partial charge in [0, 0.05) is 5.41 Å². The number of hydrogen-bond donors (Lipinski definition) is 2. The molecule has 1 amide bonds. The molecule has 0 aliphatic carbocycles. The van der Waals surface area contributed by atoms with Gasteiger partial charge in [-0.05, 0) is 42.7 Å². The van der Waals surface area contributed by atoms with E-state index in [1.807, 2.05) is 56.3 Å². The van der Waals surface area contributed by atoms with E-state index in [1.54, 1.807) is 0 Å². The lowest BCUT2D eigenvalue weighted by atomic mass is 9.78. The van der Waals surface area contributed by atoms with E-state index in [2.05, 4.69) is 38.4 Å². The molecule has 0 radical (unpaired) electrons. The van der Waals surface area contributed by atoms with Crippen LogP contribution in [0.3, 0.4) is 0 Å². The zero-order chi connectivity index (χ0) is 20.9. The molecule has 2 N–H and O–H groups in total. The second kappa shape index (κ2) is 8.79. The molecule has 4 nitrogen and oxygen atoms in total. The van der Waals surface area contributed by atoms with Crippen molar-refractivity contribution in [1.29, 1.82) is 0 Å². The number of amides is 1. The molecule has 0 heterocycles. The lowest BCUT2D eigenvalue weighted by molar-refractivity contribution is 0.119. The zero-order valence-corrected chi connectivity index (χ0v) is 17.1. The Morgan fingerprint density at radius 2 is 1.64 bits per heavy atom. The summed E-state index contributed by atoms with van der Waals surface area (Å²) in [7, 11) is 0. The van der Waals surface area contributed by atoms with Gasteiger partial charge >= 0.3 is 6.09 Å². The fraction of sp³-hybridized carbons (Fsp3) is 0.292. The Bertz CT molecular complexity index is 883. The smallest absolute Gasteiger partial charge is 0.404 e. The van der Waals surface area contributed by atoms with Crippen molar-refractivity contribution in [2.24, 2.45) is 0 Å². The standard InChI is InChI=1S/C24H29NO3/c1-16(2)18-9-7-11-20(13-18)24(5,6)22(15-25-23(26)27)28-21-12-8-10-19(14-21)17(3)4/h7-14,22,25H,1,3,15H2,2,4-6H3,(H,26,27). The van der Waals surface area contributed by atoms with Crippen molar-refractivity contribution >= 4 is 17.2 Å². The Hall–Kier alpha value is -3.01. The van der Waals surface area contributed by atoms with Crippen LogP contribution < -0.4 is 10.1 Å². The van der Waals surface area contributed by atoms with Crippen LogP contribution in [0.1, 0.15) is 44.4 Å². The number of benzene rings is 2. The summed E-state index contributed by atoms with van der Waals surface area (Å²) in [5, 5.41) is 11.6.